The smallest absolute Gasteiger partial charge is 0.416 e. The first kappa shape index (κ1) is 19.1. The highest BCUT2D eigenvalue weighted by Crippen LogP contribution is 2.40. The van der Waals surface area contributed by atoms with Gasteiger partial charge in [-0.15, -0.1) is 10.2 Å². The van der Waals surface area contributed by atoms with Crippen LogP contribution >= 0.6 is 0 Å². The second-order valence-corrected chi connectivity index (χ2v) is 8.62. The first-order valence-electron chi connectivity index (χ1n) is 10.9. The zero-order chi connectivity index (χ0) is 20.4. The highest BCUT2D eigenvalue weighted by atomic mass is 16.6. The van der Waals surface area contributed by atoms with Crippen molar-refractivity contribution in [2.24, 2.45) is 5.92 Å². The lowest BCUT2D eigenvalue weighted by molar-refractivity contribution is 0.0148. The van der Waals surface area contributed by atoms with Crippen LogP contribution < -0.4 is 15.1 Å². The van der Waals surface area contributed by atoms with Crippen molar-refractivity contribution in [2.75, 3.05) is 41.3 Å². The zero-order valence-electron chi connectivity index (χ0n) is 17.2. The second kappa shape index (κ2) is 8.08. The van der Waals surface area contributed by atoms with E-state index in [0.29, 0.717) is 18.3 Å². The largest absolute Gasteiger partial charge is 0.441 e. The minimum absolute atomic E-state index is 0.279. The Labute approximate surface area is 176 Å². The molecule has 0 atom stereocenters. The molecule has 4 heterocycles. The van der Waals surface area contributed by atoms with E-state index in [1.54, 1.807) is 11.1 Å². The molecule has 1 amide bonds. The molecule has 2 saturated heterocycles. The first-order valence-corrected chi connectivity index (χ1v) is 10.9. The van der Waals surface area contributed by atoms with Gasteiger partial charge in [0, 0.05) is 25.8 Å². The van der Waals surface area contributed by atoms with Crippen molar-refractivity contribution in [3.05, 3.63) is 36.5 Å². The number of anilines is 3. The molecule has 8 nitrogen and oxygen atoms in total. The standard InChI is InChI=1S/C22H28N6O2/c29-21-28(19-5-1-2-12-23-19)16-22(30-21)10-8-17(9-11-22)15-24-18-6-7-20(26-25-18)27-13-3-4-14-27/h1-2,5-7,12,17H,3-4,8-11,13-16H2,(H,24,25)/t17-,22-. The monoisotopic (exact) mass is 408 g/mol. The molecule has 0 radical (unpaired) electrons. The van der Waals surface area contributed by atoms with E-state index in [2.05, 4.69) is 31.5 Å². The average molecular weight is 409 g/mol. The normalized spacial score (nSPS) is 26.3. The number of nitrogens with one attached hydrogen (secondary N) is 1. The van der Waals surface area contributed by atoms with Gasteiger partial charge >= 0.3 is 6.09 Å². The lowest BCUT2D eigenvalue weighted by atomic mass is 9.78. The van der Waals surface area contributed by atoms with Crippen LogP contribution in [0.25, 0.3) is 0 Å². The highest BCUT2D eigenvalue weighted by molar-refractivity contribution is 5.89. The van der Waals surface area contributed by atoms with Crippen LogP contribution in [-0.2, 0) is 4.74 Å². The minimum Gasteiger partial charge on any atom is -0.441 e. The van der Waals surface area contributed by atoms with E-state index in [9.17, 15) is 4.79 Å². The molecule has 3 fully saturated rings. The Balaban J connectivity index is 1.12. The van der Waals surface area contributed by atoms with Crippen molar-refractivity contribution < 1.29 is 9.53 Å². The first-order chi connectivity index (χ1) is 14.7. The molecule has 2 aliphatic heterocycles. The van der Waals surface area contributed by atoms with Gasteiger partial charge in [0.05, 0.1) is 6.54 Å². The van der Waals surface area contributed by atoms with Gasteiger partial charge in [0.25, 0.3) is 0 Å². The Morgan fingerprint density at radius 2 is 1.90 bits per heavy atom. The van der Waals surface area contributed by atoms with Crippen LogP contribution in [0.4, 0.5) is 22.2 Å². The summed E-state index contributed by atoms with van der Waals surface area (Å²) in [6.45, 7) is 3.61. The maximum Gasteiger partial charge on any atom is 0.416 e. The Kier molecular flexibility index (Phi) is 5.14. The van der Waals surface area contributed by atoms with Crippen molar-refractivity contribution in [1.82, 2.24) is 15.2 Å². The summed E-state index contributed by atoms with van der Waals surface area (Å²) < 4.78 is 5.83. The molecule has 8 heteroatoms. The fraction of sp³-hybridized carbons (Fsp3) is 0.545. The maximum atomic E-state index is 12.4. The number of nitrogens with zero attached hydrogens (tertiary/aromatic N) is 5. The quantitative estimate of drug-likeness (QED) is 0.811. The van der Waals surface area contributed by atoms with Gasteiger partial charge in [-0.3, -0.25) is 4.90 Å². The molecule has 2 aromatic rings. The molecule has 1 saturated carbocycles. The van der Waals surface area contributed by atoms with Crippen molar-refractivity contribution in [3.8, 4) is 0 Å². The summed E-state index contributed by atoms with van der Waals surface area (Å²) in [5.41, 5.74) is -0.373. The van der Waals surface area contributed by atoms with E-state index in [1.807, 2.05) is 24.3 Å². The van der Waals surface area contributed by atoms with E-state index in [4.69, 9.17) is 4.74 Å². The van der Waals surface area contributed by atoms with Crippen molar-refractivity contribution >= 4 is 23.5 Å². The number of rotatable bonds is 5. The van der Waals surface area contributed by atoms with E-state index < -0.39 is 0 Å². The number of hydrogen-bond donors (Lipinski definition) is 1. The van der Waals surface area contributed by atoms with Crippen molar-refractivity contribution in [1.29, 1.82) is 0 Å². The third kappa shape index (κ3) is 3.91. The van der Waals surface area contributed by atoms with Gasteiger partial charge in [-0.25, -0.2) is 9.78 Å². The minimum atomic E-state index is -0.373. The van der Waals surface area contributed by atoms with Gasteiger partial charge in [0.2, 0.25) is 0 Å². The van der Waals surface area contributed by atoms with Crippen LogP contribution in [0.2, 0.25) is 0 Å². The summed E-state index contributed by atoms with van der Waals surface area (Å²) in [5.74, 6) is 3.00. The van der Waals surface area contributed by atoms with Crippen LogP contribution in [0.3, 0.4) is 0 Å². The van der Waals surface area contributed by atoms with Crippen LogP contribution in [0.5, 0.6) is 0 Å². The summed E-state index contributed by atoms with van der Waals surface area (Å²) in [6, 6.07) is 9.67. The Bertz CT molecular complexity index is 861. The van der Waals surface area contributed by atoms with Crippen molar-refractivity contribution in [2.45, 2.75) is 44.1 Å². The fourth-order valence-corrected chi connectivity index (χ4v) is 4.76. The molecule has 5 rings (SSSR count). The Morgan fingerprint density at radius 1 is 1.07 bits per heavy atom. The average Bonchev–Trinajstić information content (AvgIpc) is 3.43. The van der Waals surface area contributed by atoms with Gasteiger partial charge in [-0.2, -0.15) is 0 Å². The maximum absolute atomic E-state index is 12.4. The van der Waals surface area contributed by atoms with E-state index in [1.165, 1.54) is 12.8 Å². The van der Waals surface area contributed by atoms with Gasteiger partial charge in [-0.1, -0.05) is 6.07 Å². The predicted molar refractivity (Wildman–Crippen MR) is 115 cm³/mol. The molecule has 30 heavy (non-hydrogen) atoms. The molecular weight excluding hydrogens is 380 g/mol. The van der Waals surface area contributed by atoms with E-state index in [0.717, 1.165) is 57.0 Å². The number of carbonyl (C=O) groups is 1. The van der Waals surface area contributed by atoms with Crippen molar-refractivity contribution in [3.63, 3.8) is 0 Å². The van der Waals surface area contributed by atoms with Crippen LogP contribution in [0.1, 0.15) is 38.5 Å². The molecule has 2 aromatic heterocycles. The summed E-state index contributed by atoms with van der Waals surface area (Å²) >= 11 is 0. The summed E-state index contributed by atoms with van der Waals surface area (Å²) in [6.07, 6.45) is 7.71. The summed E-state index contributed by atoms with van der Waals surface area (Å²) in [5, 5.41) is 12.2. The number of amides is 1. The van der Waals surface area contributed by atoms with Crippen LogP contribution in [0.15, 0.2) is 36.5 Å². The fourth-order valence-electron chi connectivity index (χ4n) is 4.76. The molecule has 1 N–H and O–H groups in total. The summed E-state index contributed by atoms with van der Waals surface area (Å²) in [4.78, 5) is 20.6. The molecule has 3 aliphatic rings. The Morgan fingerprint density at radius 3 is 2.60 bits per heavy atom. The van der Waals surface area contributed by atoms with Gasteiger partial charge in [0.15, 0.2) is 5.82 Å². The SMILES string of the molecule is O=C1O[C@]2(CC[C@H](CNc3ccc(N4CCCC4)nn3)CC2)CN1c1ccccn1. The number of hydrogen-bond acceptors (Lipinski definition) is 7. The van der Waals surface area contributed by atoms with Gasteiger partial charge < -0.3 is 15.0 Å². The highest BCUT2D eigenvalue weighted by Gasteiger charge is 2.47. The molecule has 0 aromatic carbocycles. The van der Waals surface area contributed by atoms with Crippen LogP contribution in [0, 0.1) is 5.92 Å². The van der Waals surface area contributed by atoms with Gasteiger partial charge in [0.1, 0.15) is 17.2 Å². The number of aromatic nitrogens is 3. The van der Waals surface area contributed by atoms with E-state index >= 15 is 0 Å². The van der Waals surface area contributed by atoms with Gasteiger partial charge in [-0.05, 0) is 68.7 Å². The van der Waals surface area contributed by atoms with E-state index in [-0.39, 0.29) is 11.7 Å². The third-order valence-electron chi connectivity index (χ3n) is 6.57. The summed E-state index contributed by atoms with van der Waals surface area (Å²) in [7, 11) is 0. The molecular formula is C22H28N6O2. The predicted octanol–water partition coefficient (Wildman–Crippen LogP) is 3.47. The molecule has 0 bridgehead atoms. The topological polar surface area (TPSA) is 83.5 Å². The molecule has 1 aliphatic carbocycles. The lowest BCUT2D eigenvalue weighted by Crippen LogP contribution is -2.39. The second-order valence-electron chi connectivity index (χ2n) is 8.62. The number of ether oxygens (including phenoxy) is 1. The molecule has 158 valence electrons. The molecule has 0 unspecified atom stereocenters. The van der Waals surface area contributed by atoms with Crippen LogP contribution in [-0.4, -0.2) is 53.1 Å². The Hall–Kier alpha value is -2.90. The number of pyridine rings is 1. The third-order valence-corrected chi connectivity index (χ3v) is 6.57. The zero-order valence-corrected chi connectivity index (χ0v) is 17.2. The molecule has 1 spiro atoms. The number of carbonyl (C=O) groups excluding carboxylic acids is 1. The lowest BCUT2D eigenvalue weighted by Gasteiger charge is -2.35.